The van der Waals surface area contributed by atoms with Gasteiger partial charge in [-0.15, -0.1) is 5.16 Å². The Labute approximate surface area is 145 Å². The van der Waals surface area contributed by atoms with Crippen LogP contribution in [0.3, 0.4) is 0 Å². The van der Waals surface area contributed by atoms with Crippen LogP contribution >= 0.6 is 0 Å². The first-order chi connectivity index (χ1) is 11.4. The van der Waals surface area contributed by atoms with Crippen LogP contribution in [0.25, 0.3) is 0 Å². The van der Waals surface area contributed by atoms with Gasteiger partial charge in [0.05, 0.1) is 0 Å². The predicted molar refractivity (Wildman–Crippen MR) is 93.9 cm³/mol. The number of rotatable bonds is 1. The third-order valence-corrected chi connectivity index (χ3v) is 8.88. The largest absolute Gasteiger partial charge is 0.411 e. The quantitative estimate of drug-likeness (QED) is 0.449. The standard InChI is InChI=1S/C20H32N2O2/c1-19-10-8-16-14(15(19)6-4-13(19)12-21-24)5-7-17-20(16,2)11-9-18(23)22(17)3/h12-17,24H,4-11H2,1-3H3/t13?,14-,15-,16-,17+,19+,20+/m0/s1. The van der Waals surface area contributed by atoms with Gasteiger partial charge in [0.15, 0.2) is 0 Å². The van der Waals surface area contributed by atoms with E-state index in [4.69, 9.17) is 5.21 Å². The van der Waals surface area contributed by atoms with E-state index in [0.717, 1.165) is 30.6 Å². The van der Waals surface area contributed by atoms with Gasteiger partial charge in [-0.25, -0.2) is 0 Å². The molecule has 0 radical (unpaired) electrons. The molecule has 3 aliphatic carbocycles. The Hall–Kier alpha value is -1.06. The van der Waals surface area contributed by atoms with Gasteiger partial charge in [0.1, 0.15) is 0 Å². The number of amides is 1. The lowest BCUT2D eigenvalue weighted by Crippen LogP contribution is -2.61. The fraction of sp³-hybridized carbons (Fsp3) is 0.900. The first-order valence-electron chi connectivity index (χ1n) is 9.85. The molecule has 0 spiro atoms. The van der Waals surface area contributed by atoms with Crippen LogP contribution in [0.2, 0.25) is 0 Å². The molecule has 134 valence electrons. The zero-order chi connectivity index (χ0) is 17.1. The molecule has 4 heteroatoms. The van der Waals surface area contributed by atoms with Crippen molar-refractivity contribution in [3.63, 3.8) is 0 Å². The van der Waals surface area contributed by atoms with Crippen LogP contribution in [0.5, 0.6) is 0 Å². The minimum absolute atomic E-state index is 0.302. The fourth-order valence-corrected chi connectivity index (χ4v) is 7.52. The fourth-order valence-electron chi connectivity index (χ4n) is 7.52. The van der Waals surface area contributed by atoms with E-state index in [1.54, 1.807) is 6.21 Å². The van der Waals surface area contributed by atoms with Gasteiger partial charge >= 0.3 is 0 Å². The number of oxime groups is 1. The van der Waals surface area contributed by atoms with E-state index in [1.807, 2.05) is 7.05 Å². The summed E-state index contributed by atoms with van der Waals surface area (Å²) in [6.07, 6.45) is 11.0. The summed E-state index contributed by atoms with van der Waals surface area (Å²) in [7, 11) is 2.03. The number of likely N-dealkylation sites (tertiary alicyclic amines) is 1. The highest BCUT2D eigenvalue weighted by atomic mass is 16.4. The summed E-state index contributed by atoms with van der Waals surface area (Å²) in [5.41, 5.74) is 0.614. The van der Waals surface area contributed by atoms with Crippen LogP contribution in [-0.4, -0.2) is 35.3 Å². The van der Waals surface area contributed by atoms with Crippen molar-refractivity contribution in [1.29, 1.82) is 0 Å². The summed E-state index contributed by atoms with van der Waals surface area (Å²) in [6, 6.07) is 0.445. The number of carbonyl (C=O) groups is 1. The Balaban J connectivity index is 1.63. The van der Waals surface area contributed by atoms with Crippen LogP contribution in [0.15, 0.2) is 5.16 Å². The monoisotopic (exact) mass is 332 g/mol. The molecule has 0 aromatic carbocycles. The Bertz CT molecular complexity index is 562. The summed E-state index contributed by atoms with van der Waals surface area (Å²) in [5, 5.41) is 12.4. The Morgan fingerprint density at radius 1 is 1.08 bits per heavy atom. The maximum Gasteiger partial charge on any atom is 0.222 e. The van der Waals surface area contributed by atoms with E-state index in [9.17, 15) is 4.79 Å². The Morgan fingerprint density at radius 2 is 1.83 bits per heavy atom. The van der Waals surface area contributed by atoms with Crippen molar-refractivity contribution in [2.75, 3.05) is 7.05 Å². The van der Waals surface area contributed by atoms with E-state index in [2.05, 4.69) is 23.9 Å². The van der Waals surface area contributed by atoms with Crippen LogP contribution in [-0.2, 0) is 4.79 Å². The number of hydrogen-bond acceptors (Lipinski definition) is 3. The highest BCUT2D eigenvalue weighted by Gasteiger charge is 2.60. The molecule has 7 atom stereocenters. The third kappa shape index (κ3) is 2.04. The predicted octanol–water partition coefficient (Wildman–Crippen LogP) is 3.93. The van der Waals surface area contributed by atoms with Crippen LogP contribution < -0.4 is 0 Å². The molecular weight excluding hydrogens is 300 g/mol. The zero-order valence-corrected chi connectivity index (χ0v) is 15.4. The van der Waals surface area contributed by atoms with Crippen molar-refractivity contribution in [3.05, 3.63) is 0 Å². The lowest BCUT2D eigenvalue weighted by atomic mass is 9.47. The molecule has 0 aromatic rings. The van der Waals surface area contributed by atoms with Crippen molar-refractivity contribution in [3.8, 4) is 0 Å². The summed E-state index contributed by atoms with van der Waals surface area (Å²) in [5.74, 6) is 3.10. The van der Waals surface area contributed by atoms with Gasteiger partial charge in [0.2, 0.25) is 5.91 Å². The maximum atomic E-state index is 12.2. The third-order valence-electron chi connectivity index (χ3n) is 8.88. The van der Waals surface area contributed by atoms with Gasteiger partial charge in [0, 0.05) is 31.6 Å². The van der Waals surface area contributed by atoms with Crippen molar-refractivity contribution in [2.24, 2.45) is 39.7 Å². The number of piperidine rings is 1. The summed E-state index contributed by atoms with van der Waals surface area (Å²) < 4.78 is 0. The molecule has 1 unspecified atom stereocenters. The van der Waals surface area contributed by atoms with Crippen LogP contribution in [0, 0.1) is 34.5 Å². The molecule has 1 amide bonds. The molecule has 4 nitrogen and oxygen atoms in total. The summed E-state index contributed by atoms with van der Waals surface area (Å²) in [4.78, 5) is 14.3. The average molecular weight is 332 g/mol. The normalized spacial score (nSPS) is 51.4. The lowest BCUT2D eigenvalue weighted by Gasteiger charge is -2.61. The van der Waals surface area contributed by atoms with E-state index >= 15 is 0 Å². The minimum Gasteiger partial charge on any atom is -0.411 e. The Kier molecular flexibility index (Phi) is 3.74. The highest BCUT2D eigenvalue weighted by molar-refractivity contribution is 5.77. The second-order valence-corrected chi connectivity index (χ2v) is 9.47. The SMILES string of the molecule is CN1C(=O)CC[C@]2(C)[C@H]3CC[C@]4(C)C(C=NO)CC[C@H]4[C@@H]3CC[C@@H]12. The van der Waals surface area contributed by atoms with E-state index in [-0.39, 0.29) is 0 Å². The van der Waals surface area contributed by atoms with Gasteiger partial charge in [0.25, 0.3) is 0 Å². The maximum absolute atomic E-state index is 12.2. The van der Waals surface area contributed by atoms with Crippen molar-refractivity contribution < 1.29 is 10.0 Å². The molecule has 1 N–H and O–H groups in total. The first kappa shape index (κ1) is 16.4. The summed E-state index contributed by atoms with van der Waals surface area (Å²) >= 11 is 0. The van der Waals surface area contributed by atoms with Crippen LogP contribution in [0.4, 0.5) is 0 Å². The van der Waals surface area contributed by atoms with E-state index in [1.165, 1.54) is 38.5 Å². The lowest BCUT2D eigenvalue weighted by molar-refractivity contribution is -0.157. The minimum atomic E-state index is 0.302. The molecule has 1 heterocycles. The smallest absolute Gasteiger partial charge is 0.222 e. The molecule has 1 saturated heterocycles. The van der Waals surface area contributed by atoms with Gasteiger partial charge in [-0.3, -0.25) is 4.79 Å². The number of carbonyl (C=O) groups excluding carboxylic acids is 1. The van der Waals surface area contributed by atoms with E-state index in [0.29, 0.717) is 28.7 Å². The second-order valence-electron chi connectivity index (χ2n) is 9.47. The number of fused-ring (bicyclic) bond motifs is 5. The second kappa shape index (κ2) is 5.47. The molecule has 4 fully saturated rings. The van der Waals surface area contributed by atoms with Crippen molar-refractivity contribution in [1.82, 2.24) is 4.90 Å². The molecule has 0 aromatic heterocycles. The molecule has 3 saturated carbocycles. The molecule has 4 aliphatic rings. The van der Waals surface area contributed by atoms with Gasteiger partial charge in [-0.05, 0) is 73.5 Å². The highest BCUT2D eigenvalue weighted by Crippen LogP contribution is 2.65. The van der Waals surface area contributed by atoms with Crippen molar-refractivity contribution in [2.45, 2.75) is 71.3 Å². The number of hydrogen-bond donors (Lipinski definition) is 1. The molecule has 0 bridgehead atoms. The number of nitrogens with zero attached hydrogens (tertiary/aromatic N) is 2. The molecule has 24 heavy (non-hydrogen) atoms. The molecule has 4 rings (SSSR count). The van der Waals surface area contributed by atoms with E-state index < -0.39 is 0 Å². The van der Waals surface area contributed by atoms with Crippen molar-refractivity contribution >= 4 is 12.1 Å². The first-order valence-corrected chi connectivity index (χ1v) is 9.85. The van der Waals surface area contributed by atoms with Crippen LogP contribution in [0.1, 0.15) is 65.2 Å². The average Bonchev–Trinajstić information content (AvgIpc) is 2.89. The zero-order valence-electron chi connectivity index (χ0n) is 15.4. The van der Waals surface area contributed by atoms with Gasteiger partial charge in [-0.1, -0.05) is 13.8 Å². The van der Waals surface area contributed by atoms with Gasteiger partial charge < -0.3 is 10.1 Å². The summed E-state index contributed by atoms with van der Waals surface area (Å²) in [6.45, 7) is 4.92. The topological polar surface area (TPSA) is 52.9 Å². The molecular formula is C20H32N2O2. The Morgan fingerprint density at radius 3 is 2.58 bits per heavy atom. The molecule has 1 aliphatic heterocycles. The van der Waals surface area contributed by atoms with Gasteiger partial charge in [-0.2, -0.15) is 0 Å².